The summed E-state index contributed by atoms with van der Waals surface area (Å²) in [6.45, 7) is 1.17. The fraction of sp³-hybridized carbons (Fsp3) is 0.556. The van der Waals surface area contributed by atoms with Gasteiger partial charge in [0.2, 0.25) is 10.0 Å². The lowest BCUT2D eigenvalue weighted by atomic mass is 10.2. The van der Waals surface area contributed by atoms with Crippen LogP contribution in [-0.2, 0) is 29.1 Å². The molecule has 1 aliphatic heterocycles. The highest BCUT2D eigenvalue weighted by Crippen LogP contribution is 2.09. The number of rotatable bonds is 4. The normalized spacial score (nSPS) is 24.7. The first-order valence-electron chi connectivity index (χ1n) is 4.76. The van der Waals surface area contributed by atoms with Crippen molar-refractivity contribution < 1.29 is 27.5 Å². The van der Waals surface area contributed by atoms with E-state index in [9.17, 15) is 18.0 Å². The summed E-state index contributed by atoms with van der Waals surface area (Å²) in [7, 11) is -3.55. The minimum atomic E-state index is -3.55. The van der Waals surface area contributed by atoms with Crippen LogP contribution in [0.25, 0.3) is 0 Å². The summed E-state index contributed by atoms with van der Waals surface area (Å²) in [6, 6.07) is 0. The minimum Gasteiger partial charge on any atom is -0.463 e. The molecule has 96 valence electrons. The molecular formula is C9H13NO6S. The van der Waals surface area contributed by atoms with Crippen molar-refractivity contribution in [1.82, 2.24) is 4.72 Å². The van der Waals surface area contributed by atoms with E-state index in [1.807, 2.05) is 4.72 Å². The molecular weight excluding hydrogens is 250 g/mol. The number of ether oxygens (including phenoxy) is 2. The lowest BCUT2D eigenvalue weighted by Crippen LogP contribution is -2.46. The van der Waals surface area contributed by atoms with Crippen LogP contribution >= 0.6 is 0 Å². The lowest BCUT2D eigenvalue weighted by molar-refractivity contribution is -0.147. The number of carbonyl (C=O) groups excluding carboxylic acids is 2. The van der Waals surface area contributed by atoms with Gasteiger partial charge in [0.15, 0.2) is 12.0 Å². The quantitative estimate of drug-likeness (QED) is 0.650. The summed E-state index contributed by atoms with van der Waals surface area (Å²) in [5.74, 6) is -0.985. The monoisotopic (exact) mass is 263 g/mol. The summed E-state index contributed by atoms with van der Waals surface area (Å²) in [6.07, 6.45) is 1.61. The maximum Gasteiger partial charge on any atom is 0.302 e. The van der Waals surface area contributed by atoms with Crippen molar-refractivity contribution >= 4 is 21.8 Å². The van der Waals surface area contributed by atoms with Gasteiger partial charge in [-0.2, -0.15) is 4.72 Å². The molecule has 0 aliphatic carbocycles. The van der Waals surface area contributed by atoms with Crippen molar-refractivity contribution in [2.75, 3.05) is 12.9 Å². The number of nitrogens with one attached hydrogen (secondary N) is 1. The van der Waals surface area contributed by atoms with Gasteiger partial charge in [0.1, 0.15) is 12.7 Å². The highest BCUT2D eigenvalue weighted by Gasteiger charge is 2.28. The van der Waals surface area contributed by atoms with Crippen molar-refractivity contribution in [3.63, 3.8) is 0 Å². The number of hydrogen-bond donors (Lipinski definition) is 1. The van der Waals surface area contributed by atoms with Crippen molar-refractivity contribution in [1.29, 1.82) is 0 Å². The Morgan fingerprint density at radius 2 is 2.24 bits per heavy atom. The van der Waals surface area contributed by atoms with Crippen molar-refractivity contribution in [2.45, 2.75) is 19.3 Å². The fourth-order valence-corrected chi connectivity index (χ4v) is 1.71. The maximum absolute atomic E-state index is 11.3. The molecule has 0 radical (unpaired) electrons. The van der Waals surface area contributed by atoms with Crippen LogP contribution in [0.15, 0.2) is 12.2 Å². The molecule has 0 fully saturated rings. The van der Waals surface area contributed by atoms with Crippen LogP contribution in [0.4, 0.5) is 0 Å². The van der Waals surface area contributed by atoms with Gasteiger partial charge in [0.05, 0.1) is 6.26 Å². The van der Waals surface area contributed by atoms with E-state index in [1.165, 1.54) is 19.1 Å². The molecule has 0 amide bonds. The van der Waals surface area contributed by atoms with Gasteiger partial charge < -0.3 is 9.47 Å². The molecule has 0 unspecified atom stereocenters. The van der Waals surface area contributed by atoms with Gasteiger partial charge in [0, 0.05) is 6.92 Å². The number of carbonyl (C=O) groups is 2. The third-order valence-electron chi connectivity index (χ3n) is 1.82. The molecule has 0 aromatic rings. The van der Waals surface area contributed by atoms with Crippen molar-refractivity contribution in [3.8, 4) is 0 Å². The Balaban J connectivity index is 2.61. The number of esters is 1. The SMILES string of the molecule is CC(=O)OC[C@@H]1C=CC(=O)[C@@H](NS(C)(=O)=O)O1. The van der Waals surface area contributed by atoms with Crippen LogP contribution in [0.5, 0.6) is 0 Å². The van der Waals surface area contributed by atoms with E-state index in [0.29, 0.717) is 0 Å². The second kappa shape index (κ2) is 5.39. The van der Waals surface area contributed by atoms with Crippen LogP contribution in [-0.4, -0.2) is 45.4 Å². The molecule has 1 N–H and O–H groups in total. The molecule has 0 spiro atoms. The Kier molecular flexibility index (Phi) is 4.38. The zero-order chi connectivity index (χ0) is 13.1. The Bertz CT molecular complexity index is 440. The topological polar surface area (TPSA) is 98.8 Å². The third-order valence-corrected chi connectivity index (χ3v) is 2.46. The summed E-state index contributed by atoms with van der Waals surface area (Å²) >= 11 is 0. The van der Waals surface area contributed by atoms with Crippen LogP contribution in [0, 0.1) is 0 Å². The van der Waals surface area contributed by atoms with E-state index in [4.69, 9.17) is 9.47 Å². The van der Waals surface area contributed by atoms with Crippen LogP contribution in [0.3, 0.4) is 0 Å². The lowest BCUT2D eigenvalue weighted by Gasteiger charge is -2.24. The maximum atomic E-state index is 11.3. The Morgan fingerprint density at radius 1 is 1.59 bits per heavy atom. The molecule has 0 aromatic carbocycles. The first-order valence-corrected chi connectivity index (χ1v) is 6.65. The van der Waals surface area contributed by atoms with Gasteiger partial charge in [-0.05, 0) is 12.2 Å². The Labute approximate surface area is 98.8 Å². The van der Waals surface area contributed by atoms with E-state index >= 15 is 0 Å². The second-order valence-corrected chi connectivity index (χ2v) is 5.29. The number of ketones is 1. The van der Waals surface area contributed by atoms with Crippen molar-refractivity contribution in [2.24, 2.45) is 0 Å². The fourth-order valence-electron chi connectivity index (χ4n) is 1.15. The van der Waals surface area contributed by atoms with Gasteiger partial charge in [-0.1, -0.05) is 0 Å². The van der Waals surface area contributed by atoms with Crippen LogP contribution in [0.1, 0.15) is 6.92 Å². The largest absolute Gasteiger partial charge is 0.463 e. The summed E-state index contributed by atoms with van der Waals surface area (Å²) in [5, 5.41) is 0. The van der Waals surface area contributed by atoms with E-state index < -0.39 is 34.1 Å². The summed E-state index contributed by atoms with van der Waals surface area (Å²) in [5.41, 5.74) is 0. The highest BCUT2D eigenvalue weighted by atomic mass is 32.2. The molecule has 0 saturated heterocycles. The summed E-state index contributed by atoms with van der Waals surface area (Å²) < 4.78 is 33.8. The molecule has 1 aliphatic rings. The second-order valence-electron chi connectivity index (χ2n) is 3.51. The zero-order valence-electron chi connectivity index (χ0n) is 9.37. The first-order chi connectivity index (χ1) is 7.78. The van der Waals surface area contributed by atoms with E-state index in [-0.39, 0.29) is 6.61 Å². The predicted octanol–water partition coefficient (Wildman–Crippen LogP) is -1.05. The van der Waals surface area contributed by atoms with Crippen LogP contribution in [0.2, 0.25) is 0 Å². The minimum absolute atomic E-state index is 0.0684. The smallest absolute Gasteiger partial charge is 0.302 e. The number of hydrogen-bond acceptors (Lipinski definition) is 6. The molecule has 0 bridgehead atoms. The zero-order valence-corrected chi connectivity index (χ0v) is 10.2. The molecule has 1 rings (SSSR count). The standard InChI is InChI=1S/C9H13NO6S/c1-6(11)15-5-7-3-4-8(12)9(16-7)10-17(2,13)14/h3-4,7,9-10H,5H2,1-2H3/t7-,9-/m0/s1. The predicted molar refractivity (Wildman–Crippen MR) is 57.4 cm³/mol. The van der Waals surface area contributed by atoms with Gasteiger partial charge >= 0.3 is 5.97 Å². The molecule has 0 saturated carbocycles. The number of sulfonamides is 1. The molecule has 17 heavy (non-hydrogen) atoms. The van der Waals surface area contributed by atoms with Gasteiger partial charge in [-0.3, -0.25) is 9.59 Å². The van der Waals surface area contributed by atoms with Gasteiger partial charge in [-0.15, -0.1) is 0 Å². The molecule has 1 heterocycles. The van der Waals surface area contributed by atoms with E-state index in [2.05, 4.69) is 0 Å². The first kappa shape index (κ1) is 13.8. The Morgan fingerprint density at radius 3 is 2.76 bits per heavy atom. The molecule has 8 heteroatoms. The highest BCUT2D eigenvalue weighted by molar-refractivity contribution is 7.88. The molecule has 2 atom stereocenters. The van der Waals surface area contributed by atoms with E-state index in [1.54, 1.807) is 0 Å². The molecule has 0 aromatic heterocycles. The van der Waals surface area contributed by atoms with Gasteiger partial charge in [0.25, 0.3) is 0 Å². The van der Waals surface area contributed by atoms with Crippen LogP contribution < -0.4 is 4.72 Å². The van der Waals surface area contributed by atoms with Crippen molar-refractivity contribution in [3.05, 3.63) is 12.2 Å². The Hall–Kier alpha value is -1.25. The average molecular weight is 263 g/mol. The average Bonchev–Trinajstić information content (AvgIpc) is 2.17. The summed E-state index contributed by atoms with van der Waals surface area (Å²) in [4.78, 5) is 21.9. The molecule has 7 nitrogen and oxygen atoms in total. The van der Waals surface area contributed by atoms with E-state index in [0.717, 1.165) is 6.26 Å². The van der Waals surface area contributed by atoms with Gasteiger partial charge in [-0.25, -0.2) is 8.42 Å². The third kappa shape index (κ3) is 5.07.